The summed E-state index contributed by atoms with van der Waals surface area (Å²) >= 11 is 0. The van der Waals surface area contributed by atoms with Gasteiger partial charge in [0.15, 0.2) is 0 Å². The maximum Gasteiger partial charge on any atom is 0.404 e. The van der Waals surface area contributed by atoms with E-state index in [9.17, 15) is 4.79 Å². The molecule has 60 valence electrons. The number of primary amides is 1. The van der Waals surface area contributed by atoms with Crippen LogP contribution >= 0.6 is 0 Å². The molecule has 0 spiro atoms. The molecule has 5 heteroatoms. The average Bonchev–Trinajstić information content (AvgIpc) is 1.90. The summed E-state index contributed by atoms with van der Waals surface area (Å²) in [6.07, 6.45) is -0.841. The van der Waals surface area contributed by atoms with Crippen LogP contribution in [0.4, 0.5) is 4.79 Å². The van der Waals surface area contributed by atoms with Crippen LogP contribution in [0.25, 0.3) is 0 Å². The Bertz CT molecular complexity index is 103. The fourth-order valence-corrected chi connectivity index (χ4v) is 0.395. The molecular weight excluding hydrogens is 136 g/mol. The normalized spacial score (nSPS) is 12.6. The van der Waals surface area contributed by atoms with Crippen LogP contribution in [0.5, 0.6) is 0 Å². The highest BCUT2D eigenvalue weighted by molar-refractivity contribution is 5.64. The van der Waals surface area contributed by atoms with Gasteiger partial charge >= 0.3 is 6.09 Å². The van der Waals surface area contributed by atoms with Crippen LogP contribution < -0.4 is 11.5 Å². The van der Waals surface area contributed by atoms with Gasteiger partial charge in [-0.05, 0) is 0 Å². The molecule has 0 aliphatic heterocycles. The van der Waals surface area contributed by atoms with E-state index in [4.69, 9.17) is 10.8 Å². The van der Waals surface area contributed by atoms with E-state index in [0.717, 1.165) is 0 Å². The van der Waals surface area contributed by atoms with Crippen LogP contribution in [0.2, 0.25) is 0 Å². The Balaban J connectivity index is 3.34. The SMILES string of the molecule is NCC(CO)COC(N)=O. The third-order valence-corrected chi connectivity index (χ3v) is 1.05. The molecule has 0 aromatic heterocycles. The number of nitrogens with two attached hydrogens (primary N) is 2. The lowest BCUT2D eigenvalue weighted by Gasteiger charge is -2.09. The molecule has 0 fully saturated rings. The molecule has 0 radical (unpaired) electrons. The Morgan fingerprint density at radius 1 is 1.70 bits per heavy atom. The quantitative estimate of drug-likeness (QED) is 0.459. The second-order valence-electron chi connectivity index (χ2n) is 1.91. The zero-order valence-corrected chi connectivity index (χ0v) is 5.62. The van der Waals surface area contributed by atoms with Crippen molar-refractivity contribution in [2.75, 3.05) is 19.8 Å². The van der Waals surface area contributed by atoms with Crippen molar-refractivity contribution in [3.63, 3.8) is 0 Å². The van der Waals surface area contributed by atoms with Crippen LogP contribution in [0.1, 0.15) is 0 Å². The molecule has 0 aromatic carbocycles. The molecular formula is C5H12N2O3. The van der Waals surface area contributed by atoms with E-state index in [2.05, 4.69) is 10.5 Å². The number of aliphatic hydroxyl groups is 1. The highest BCUT2D eigenvalue weighted by atomic mass is 16.5. The fourth-order valence-electron chi connectivity index (χ4n) is 0.395. The van der Waals surface area contributed by atoms with Crippen molar-refractivity contribution in [2.45, 2.75) is 0 Å². The van der Waals surface area contributed by atoms with E-state index < -0.39 is 6.09 Å². The Kier molecular flexibility index (Phi) is 4.61. The molecule has 0 heterocycles. The third kappa shape index (κ3) is 4.11. The molecule has 5 nitrogen and oxygen atoms in total. The summed E-state index contributed by atoms with van der Waals surface area (Å²) in [6.45, 7) is 0.274. The van der Waals surface area contributed by atoms with E-state index in [1.54, 1.807) is 0 Å². The average molecular weight is 148 g/mol. The van der Waals surface area contributed by atoms with Gasteiger partial charge in [-0.2, -0.15) is 0 Å². The van der Waals surface area contributed by atoms with Gasteiger partial charge in [-0.1, -0.05) is 0 Å². The summed E-state index contributed by atoms with van der Waals surface area (Å²) in [4.78, 5) is 10.0. The van der Waals surface area contributed by atoms with Gasteiger partial charge in [0.05, 0.1) is 13.2 Å². The Morgan fingerprint density at radius 2 is 2.30 bits per heavy atom. The van der Waals surface area contributed by atoms with Gasteiger partial charge in [0.25, 0.3) is 0 Å². The summed E-state index contributed by atoms with van der Waals surface area (Å²) in [5, 5.41) is 8.53. The first-order valence-electron chi connectivity index (χ1n) is 2.93. The predicted octanol–water partition coefficient (Wildman–Crippen LogP) is -1.35. The summed E-state index contributed by atoms with van der Waals surface area (Å²) in [7, 11) is 0. The fraction of sp³-hybridized carbons (Fsp3) is 0.800. The van der Waals surface area contributed by atoms with Crippen molar-refractivity contribution >= 4 is 6.09 Å². The van der Waals surface area contributed by atoms with Gasteiger partial charge in [0, 0.05) is 12.5 Å². The standard InChI is InChI=1S/C5H12N2O3/c6-1-4(2-8)3-10-5(7)9/h4,8H,1-3,6H2,(H2,7,9). The molecule has 1 amide bonds. The lowest BCUT2D eigenvalue weighted by atomic mass is 10.2. The van der Waals surface area contributed by atoms with Crippen molar-refractivity contribution in [1.29, 1.82) is 0 Å². The van der Waals surface area contributed by atoms with Gasteiger partial charge in [-0.15, -0.1) is 0 Å². The van der Waals surface area contributed by atoms with Crippen LogP contribution in [0, 0.1) is 5.92 Å². The maximum atomic E-state index is 10.0. The summed E-state index contributed by atoms with van der Waals surface area (Å²) in [5.74, 6) is -0.201. The number of aliphatic hydroxyl groups excluding tert-OH is 1. The van der Waals surface area contributed by atoms with E-state index in [1.165, 1.54) is 0 Å². The lowest BCUT2D eigenvalue weighted by Crippen LogP contribution is -2.26. The zero-order valence-electron chi connectivity index (χ0n) is 5.62. The van der Waals surface area contributed by atoms with E-state index >= 15 is 0 Å². The molecule has 5 N–H and O–H groups in total. The minimum atomic E-state index is -0.841. The molecule has 1 unspecified atom stereocenters. The Labute approximate surface area is 58.9 Å². The van der Waals surface area contributed by atoms with E-state index in [-0.39, 0.29) is 25.7 Å². The lowest BCUT2D eigenvalue weighted by molar-refractivity contribution is 0.113. The molecule has 0 rings (SSSR count). The molecule has 0 saturated heterocycles. The largest absolute Gasteiger partial charge is 0.449 e. The molecule has 0 aliphatic carbocycles. The summed E-state index contributed by atoms with van der Waals surface area (Å²) in [6, 6.07) is 0. The van der Waals surface area contributed by atoms with Crippen LogP contribution in [-0.2, 0) is 4.74 Å². The van der Waals surface area contributed by atoms with Crippen molar-refractivity contribution in [1.82, 2.24) is 0 Å². The van der Waals surface area contributed by atoms with Crippen LogP contribution in [-0.4, -0.2) is 31.0 Å². The maximum absolute atomic E-state index is 10.0. The first-order chi connectivity index (χ1) is 4.70. The van der Waals surface area contributed by atoms with E-state index in [1.807, 2.05) is 0 Å². The van der Waals surface area contributed by atoms with Gasteiger partial charge in [-0.3, -0.25) is 0 Å². The first kappa shape index (κ1) is 9.19. The zero-order chi connectivity index (χ0) is 7.98. The Hall–Kier alpha value is -0.810. The highest BCUT2D eigenvalue weighted by Gasteiger charge is 2.05. The minimum Gasteiger partial charge on any atom is -0.449 e. The van der Waals surface area contributed by atoms with Crippen molar-refractivity contribution < 1.29 is 14.6 Å². The molecule has 0 aliphatic rings. The molecule has 0 aromatic rings. The van der Waals surface area contributed by atoms with Crippen molar-refractivity contribution in [2.24, 2.45) is 17.4 Å². The van der Waals surface area contributed by atoms with Crippen LogP contribution in [0.3, 0.4) is 0 Å². The summed E-state index contributed by atoms with van der Waals surface area (Å²) < 4.78 is 4.38. The molecule has 10 heavy (non-hydrogen) atoms. The van der Waals surface area contributed by atoms with Gasteiger partial charge in [-0.25, -0.2) is 4.79 Å². The number of carbonyl (C=O) groups excluding carboxylic acids is 1. The van der Waals surface area contributed by atoms with Crippen LogP contribution in [0.15, 0.2) is 0 Å². The second-order valence-corrected chi connectivity index (χ2v) is 1.91. The number of rotatable bonds is 4. The Morgan fingerprint density at radius 3 is 2.60 bits per heavy atom. The van der Waals surface area contributed by atoms with Crippen molar-refractivity contribution in [3.8, 4) is 0 Å². The minimum absolute atomic E-state index is 0.0856. The number of hydrogen-bond acceptors (Lipinski definition) is 4. The number of hydrogen-bond donors (Lipinski definition) is 3. The van der Waals surface area contributed by atoms with Crippen molar-refractivity contribution in [3.05, 3.63) is 0 Å². The monoisotopic (exact) mass is 148 g/mol. The first-order valence-corrected chi connectivity index (χ1v) is 2.93. The van der Waals surface area contributed by atoms with E-state index in [0.29, 0.717) is 0 Å². The number of carbonyl (C=O) groups is 1. The molecule has 0 bridgehead atoms. The summed E-state index contributed by atoms with van der Waals surface area (Å²) in [5.41, 5.74) is 9.84. The topological polar surface area (TPSA) is 98.6 Å². The number of amides is 1. The predicted molar refractivity (Wildman–Crippen MR) is 35.2 cm³/mol. The highest BCUT2D eigenvalue weighted by Crippen LogP contribution is 1.91. The van der Waals surface area contributed by atoms with Gasteiger partial charge < -0.3 is 21.3 Å². The van der Waals surface area contributed by atoms with Gasteiger partial charge in [0.1, 0.15) is 0 Å². The molecule has 0 saturated carbocycles. The smallest absolute Gasteiger partial charge is 0.404 e. The second kappa shape index (κ2) is 5.01. The van der Waals surface area contributed by atoms with Gasteiger partial charge in [0.2, 0.25) is 0 Å². The third-order valence-electron chi connectivity index (χ3n) is 1.05. The molecule has 1 atom stereocenters. The number of ether oxygens (including phenoxy) is 1.